The van der Waals surface area contributed by atoms with E-state index in [0.29, 0.717) is 5.82 Å². The summed E-state index contributed by atoms with van der Waals surface area (Å²) in [6.07, 6.45) is 0. The molecule has 0 saturated carbocycles. The molecule has 1 aliphatic carbocycles. The van der Waals surface area contributed by atoms with Crippen LogP contribution >= 0.6 is 11.3 Å². The molecule has 2 aromatic heterocycles. The predicted octanol–water partition coefficient (Wildman–Crippen LogP) is 15.2. The van der Waals surface area contributed by atoms with Crippen LogP contribution < -0.4 is 0 Å². The summed E-state index contributed by atoms with van der Waals surface area (Å²) in [7, 11) is 0. The lowest BCUT2D eigenvalue weighted by Gasteiger charge is -2.21. The van der Waals surface area contributed by atoms with Crippen molar-refractivity contribution in [2.75, 3.05) is 0 Å². The minimum absolute atomic E-state index is 0.118. The van der Waals surface area contributed by atoms with Crippen molar-refractivity contribution in [2.45, 2.75) is 19.3 Å². The lowest BCUT2D eigenvalue weighted by molar-refractivity contribution is 0.660. The van der Waals surface area contributed by atoms with Gasteiger partial charge in [0.25, 0.3) is 0 Å². The molecule has 0 N–H and O–H groups in total. The summed E-state index contributed by atoms with van der Waals surface area (Å²) in [6.45, 7) is 4.66. The smallest absolute Gasteiger partial charge is 0.160 e. The Balaban J connectivity index is 1.15. The molecule has 0 atom stereocenters. The van der Waals surface area contributed by atoms with E-state index < -0.39 is 0 Å². The second kappa shape index (κ2) is 13.6. The van der Waals surface area contributed by atoms with Gasteiger partial charge in [-0.05, 0) is 86.0 Å². The summed E-state index contributed by atoms with van der Waals surface area (Å²) in [5, 5.41) is 2.58. The lowest BCUT2D eigenvalue weighted by Crippen LogP contribution is -2.14. The largest absolute Gasteiger partial charge is 0.228 e. The van der Waals surface area contributed by atoms with E-state index >= 15 is 0 Å². The van der Waals surface area contributed by atoms with Gasteiger partial charge in [-0.2, -0.15) is 0 Å². The number of aromatic nitrogens is 2. The number of hydrogen-bond donors (Lipinski definition) is 0. The van der Waals surface area contributed by atoms with Gasteiger partial charge in [-0.3, -0.25) is 0 Å². The molecule has 3 heteroatoms. The molecule has 0 spiro atoms. The van der Waals surface area contributed by atoms with Gasteiger partial charge in [0.1, 0.15) is 0 Å². The fourth-order valence-corrected chi connectivity index (χ4v) is 10.2. The first kappa shape index (κ1) is 34.3. The molecule has 58 heavy (non-hydrogen) atoms. The van der Waals surface area contributed by atoms with Crippen LogP contribution in [0.4, 0.5) is 0 Å². The van der Waals surface area contributed by atoms with E-state index in [1.54, 1.807) is 0 Å². The number of thiophene rings is 1. The normalized spacial score (nSPS) is 12.8. The standard InChI is InChI=1S/C55H38N2S/c1-55(2)47-24-11-9-20-45(47)52-46(23-14-25-48(52)55)50-34-49(56-54(57-50)38-17-7-4-8-18-38)41-32-39(37-29-27-36(28-30-37)35-15-5-3-6-16-35)31-40(33-41)42-21-13-22-44-43-19-10-12-26-51(43)58-53(42)44/h3-34H,1-2H3. The van der Waals surface area contributed by atoms with Crippen molar-refractivity contribution < 1.29 is 0 Å². The van der Waals surface area contributed by atoms with Crippen molar-refractivity contribution in [1.82, 2.24) is 9.97 Å². The third-order valence-corrected chi connectivity index (χ3v) is 13.1. The quantitative estimate of drug-likeness (QED) is 0.169. The molecule has 0 unspecified atom stereocenters. The van der Waals surface area contributed by atoms with Crippen molar-refractivity contribution in [3.05, 3.63) is 205 Å². The molecule has 0 radical (unpaired) electrons. The third kappa shape index (κ3) is 5.69. The molecular weight excluding hydrogens is 721 g/mol. The summed E-state index contributed by atoms with van der Waals surface area (Å²) in [5.41, 5.74) is 17.1. The monoisotopic (exact) mass is 758 g/mol. The van der Waals surface area contributed by atoms with Crippen LogP contribution in [0.25, 0.3) is 98.6 Å². The van der Waals surface area contributed by atoms with Crippen LogP contribution in [0.3, 0.4) is 0 Å². The van der Waals surface area contributed by atoms with E-state index in [1.807, 2.05) is 17.4 Å². The molecule has 0 amide bonds. The second-order valence-electron chi connectivity index (χ2n) is 15.7. The average molecular weight is 759 g/mol. The van der Waals surface area contributed by atoms with E-state index in [-0.39, 0.29) is 5.41 Å². The highest BCUT2D eigenvalue weighted by atomic mass is 32.1. The number of hydrogen-bond acceptors (Lipinski definition) is 3. The fraction of sp³-hybridized carbons (Fsp3) is 0.0545. The van der Waals surface area contributed by atoms with E-state index in [0.717, 1.165) is 44.8 Å². The average Bonchev–Trinajstić information content (AvgIpc) is 3.79. The van der Waals surface area contributed by atoms with E-state index in [9.17, 15) is 0 Å². The first-order valence-corrected chi connectivity index (χ1v) is 20.7. The van der Waals surface area contributed by atoms with E-state index in [4.69, 9.17) is 9.97 Å². The van der Waals surface area contributed by atoms with Crippen molar-refractivity contribution in [3.63, 3.8) is 0 Å². The molecule has 1 aliphatic rings. The highest BCUT2D eigenvalue weighted by molar-refractivity contribution is 7.26. The van der Waals surface area contributed by atoms with Crippen molar-refractivity contribution >= 4 is 31.5 Å². The topological polar surface area (TPSA) is 25.8 Å². The maximum atomic E-state index is 5.38. The number of nitrogens with zero attached hydrogens (tertiary/aromatic N) is 2. The molecule has 2 heterocycles. The van der Waals surface area contributed by atoms with Gasteiger partial charge in [-0.1, -0.05) is 178 Å². The highest BCUT2D eigenvalue weighted by Gasteiger charge is 2.36. The molecule has 2 nitrogen and oxygen atoms in total. The summed E-state index contributed by atoms with van der Waals surface area (Å²) < 4.78 is 2.59. The van der Waals surface area contributed by atoms with Crippen LogP contribution in [0.5, 0.6) is 0 Å². The molecule has 11 rings (SSSR count). The zero-order chi connectivity index (χ0) is 38.8. The fourth-order valence-electron chi connectivity index (χ4n) is 8.98. The van der Waals surface area contributed by atoms with E-state index in [1.165, 1.54) is 59.1 Å². The van der Waals surface area contributed by atoms with Gasteiger partial charge in [0.2, 0.25) is 0 Å². The van der Waals surface area contributed by atoms with Crippen LogP contribution in [-0.4, -0.2) is 9.97 Å². The van der Waals surface area contributed by atoms with Gasteiger partial charge in [-0.25, -0.2) is 9.97 Å². The van der Waals surface area contributed by atoms with Crippen LogP contribution in [0, 0.1) is 0 Å². The van der Waals surface area contributed by atoms with Crippen LogP contribution in [0.1, 0.15) is 25.0 Å². The van der Waals surface area contributed by atoms with Gasteiger partial charge in [0, 0.05) is 42.3 Å². The van der Waals surface area contributed by atoms with Crippen molar-refractivity contribution in [3.8, 4) is 78.4 Å². The molecule has 0 aliphatic heterocycles. The highest BCUT2D eigenvalue weighted by Crippen LogP contribution is 2.52. The Morgan fingerprint density at radius 2 is 0.931 bits per heavy atom. The zero-order valence-electron chi connectivity index (χ0n) is 32.3. The predicted molar refractivity (Wildman–Crippen MR) is 245 cm³/mol. The Labute approximate surface area is 342 Å². The summed E-state index contributed by atoms with van der Waals surface area (Å²) >= 11 is 1.87. The van der Waals surface area contributed by atoms with Crippen LogP contribution in [0.15, 0.2) is 194 Å². The first-order valence-electron chi connectivity index (χ1n) is 19.9. The van der Waals surface area contributed by atoms with Crippen molar-refractivity contribution in [1.29, 1.82) is 0 Å². The minimum atomic E-state index is -0.118. The lowest BCUT2D eigenvalue weighted by atomic mass is 9.82. The molecule has 0 bridgehead atoms. The Kier molecular flexibility index (Phi) is 8.06. The molecule has 8 aromatic carbocycles. The van der Waals surface area contributed by atoms with Crippen molar-refractivity contribution in [2.24, 2.45) is 0 Å². The maximum absolute atomic E-state index is 5.38. The van der Waals surface area contributed by atoms with Gasteiger partial charge >= 0.3 is 0 Å². The molecule has 0 fully saturated rings. The van der Waals surface area contributed by atoms with Gasteiger partial charge < -0.3 is 0 Å². The van der Waals surface area contributed by atoms with Gasteiger partial charge in [0.15, 0.2) is 5.82 Å². The number of rotatable bonds is 6. The molecule has 10 aromatic rings. The Bertz CT molecular complexity index is 3180. The molecule has 0 saturated heterocycles. The van der Waals surface area contributed by atoms with E-state index in [2.05, 4.69) is 202 Å². The summed E-state index contributed by atoms with van der Waals surface area (Å²) in [6, 6.07) is 70.1. The third-order valence-electron chi connectivity index (χ3n) is 11.9. The Hall–Kier alpha value is -6.94. The summed E-state index contributed by atoms with van der Waals surface area (Å²) in [4.78, 5) is 10.7. The SMILES string of the molecule is CC1(C)c2ccccc2-c2c(-c3cc(-c4cc(-c5ccc(-c6ccccc6)cc5)cc(-c5cccc6c5sc5ccccc56)c4)nc(-c4ccccc4)n3)cccc21. The molecular formula is C55H38N2S. The van der Waals surface area contributed by atoms with Crippen LogP contribution in [-0.2, 0) is 5.41 Å². The number of benzene rings is 8. The van der Waals surface area contributed by atoms with Gasteiger partial charge in [0.05, 0.1) is 11.4 Å². The van der Waals surface area contributed by atoms with Crippen LogP contribution in [0.2, 0.25) is 0 Å². The first-order chi connectivity index (χ1) is 28.5. The Morgan fingerprint density at radius 1 is 0.379 bits per heavy atom. The maximum Gasteiger partial charge on any atom is 0.160 e. The molecule has 274 valence electrons. The van der Waals surface area contributed by atoms with Gasteiger partial charge in [-0.15, -0.1) is 11.3 Å². The second-order valence-corrected chi connectivity index (χ2v) is 16.8. The minimum Gasteiger partial charge on any atom is -0.228 e. The Morgan fingerprint density at radius 3 is 1.74 bits per heavy atom. The summed E-state index contributed by atoms with van der Waals surface area (Å²) in [5.74, 6) is 0.710. The number of fused-ring (bicyclic) bond motifs is 6. The zero-order valence-corrected chi connectivity index (χ0v) is 33.1.